The predicted octanol–water partition coefficient (Wildman–Crippen LogP) is -0.362. The highest BCUT2D eigenvalue weighted by atomic mass is 16.2. The maximum absolute atomic E-state index is 8.23. The summed E-state index contributed by atoms with van der Waals surface area (Å²) in [6, 6.07) is 0. The van der Waals surface area contributed by atoms with Gasteiger partial charge in [0.2, 0.25) is 0 Å². The standard InChI is InChI=1S/C5H7B2NO/c6-5(7)4(8)2-1-3-9/h1-2,5,8-9H,3H2. The molecular formula is C5H7B2NO. The van der Waals surface area contributed by atoms with Crippen molar-refractivity contribution in [3.05, 3.63) is 12.2 Å². The van der Waals surface area contributed by atoms with Crippen LogP contribution in [0.5, 0.6) is 0 Å². The van der Waals surface area contributed by atoms with E-state index < -0.39 is 5.72 Å². The smallest absolute Gasteiger partial charge is 0.0658 e. The number of aliphatic hydroxyl groups is 1. The highest BCUT2D eigenvalue weighted by molar-refractivity contribution is 6.48. The molecule has 0 aliphatic heterocycles. The van der Waals surface area contributed by atoms with E-state index in [2.05, 4.69) is 0 Å². The van der Waals surface area contributed by atoms with Gasteiger partial charge < -0.3 is 10.5 Å². The quantitative estimate of drug-likeness (QED) is 0.386. The van der Waals surface area contributed by atoms with Crippen LogP contribution in [-0.4, -0.2) is 33.1 Å². The van der Waals surface area contributed by atoms with Gasteiger partial charge in [-0.15, -0.1) is 0 Å². The number of rotatable bonds is 3. The van der Waals surface area contributed by atoms with Crippen molar-refractivity contribution in [2.45, 2.75) is 5.72 Å². The molecule has 0 unspecified atom stereocenters. The molecule has 0 aromatic heterocycles. The Bertz CT molecular complexity index is 122. The Morgan fingerprint density at radius 3 is 2.56 bits per heavy atom. The van der Waals surface area contributed by atoms with Crippen molar-refractivity contribution in [2.75, 3.05) is 6.61 Å². The molecular weight excluding hydrogens is 112 g/mol. The van der Waals surface area contributed by atoms with E-state index in [9.17, 15) is 0 Å². The van der Waals surface area contributed by atoms with Crippen molar-refractivity contribution < 1.29 is 5.11 Å². The zero-order valence-electron chi connectivity index (χ0n) is 5.04. The molecule has 0 aliphatic carbocycles. The van der Waals surface area contributed by atoms with Crippen LogP contribution in [0.2, 0.25) is 5.72 Å². The summed E-state index contributed by atoms with van der Waals surface area (Å²) in [4.78, 5) is 0. The van der Waals surface area contributed by atoms with Crippen LogP contribution in [0.3, 0.4) is 0 Å². The van der Waals surface area contributed by atoms with E-state index in [1.165, 1.54) is 12.2 Å². The first-order valence-corrected chi connectivity index (χ1v) is 2.55. The van der Waals surface area contributed by atoms with E-state index in [1.807, 2.05) is 0 Å². The fourth-order valence-electron chi connectivity index (χ4n) is 0.291. The predicted molar refractivity (Wildman–Crippen MR) is 39.2 cm³/mol. The number of allylic oxidation sites excluding steroid dienone is 1. The van der Waals surface area contributed by atoms with Crippen LogP contribution < -0.4 is 0 Å². The summed E-state index contributed by atoms with van der Waals surface area (Å²) in [6.45, 7) is -0.0882. The van der Waals surface area contributed by atoms with Crippen molar-refractivity contribution in [1.29, 1.82) is 5.41 Å². The van der Waals surface area contributed by atoms with Gasteiger partial charge in [-0.25, -0.2) is 0 Å². The molecule has 0 saturated carbocycles. The number of hydrogen-bond donors (Lipinski definition) is 2. The number of nitrogens with one attached hydrogen (secondary N) is 1. The second kappa shape index (κ2) is 4.39. The SMILES string of the molecule is [B]C([B])C(=N)C=CCO. The van der Waals surface area contributed by atoms with Crippen molar-refractivity contribution in [3.8, 4) is 0 Å². The molecule has 0 heterocycles. The molecule has 0 aliphatic rings. The molecule has 9 heavy (non-hydrogen) atoms. The molecule has 0 atom stereocenters. The molecule has 0 rings (SSSR count). The highest BCUT2D eigenvalue weighted by Crippen LogP contribution is 1.93. The topological polar surface area (TPSA) is 44.1 Å². The lowest BCUT2D eigenvalue weighted by molar-refractivity contribution is 0.343. The lowest BCUT2D eigenvalue weighted by Crippen LogP contribution is -2.03. The maximum Gasteiger partial charge on any atom is 0.0658 e. The Labute approximate surface area is 57.3 Å². The second-order valence-corrected chi connectivity index (χ2v) is 1.57. The number of hydrogen-bond acceptors (Lipinski definition) is 2. The van der Waals surface area contributed by atoms with Crippen molar-refractivity contribution in [1.82, 2.24) is 0 Å². The molecule has 0 spiro atoms. The summed E-state index contributed by atoms with van der Waals surface area (Å²) < 4.78 is 0. The molecule has 0 aromatic carbocycles. The van der Waals surface area contributed by atoms with Gasteiger partial charge in [-0.05, 0) is 6.08 Å². The van der Waals surface area contributed by atoms with Gasteiger partial charge >= 0.3 is 0 Å². The minimum Gasteiger partial charge on any atom is -0.392 e. The molecule has 2 N–H and O–H groups in total. The highest BCUT2D eigenvalue weighted by Gasteiger charge is 1.94. The van der Waals surface area contributed by atoms with Crippen molar-refractivity contribution in [3.63, 3.8) is 0 Å². The Kier molecular flexibility index (Phi) is 4.14. The zero-order valence-corrected chi connectivity index (χ0v) is 5.04. The molecule has 2 nitrogen and oxygen atoms in total. The minimum atomic E-state index is -0.743. The Balaban J connectivity index is 3.63. The van der Waals surface area contributed by atoms with Gasteiger partial charge in [-0.3, -0.25) is 0 Å². The average molecular weight is 119 g/mol. The van der Waals surface area contributed by atoms with Crippen LogP contribution in [0.4, 0.5) is 0 Å². The van der Waals surface area contributed by atoms with E-state index in [1.54, 1.807) is 0 Å². The first-order chi connectivity index (χ1) is 4.18. The fraction of sp³-hybridized carbons (Fsp3) is 0.400. The van der Waals surface area contributed by atoms with Gasteiger partial charge in [0.05, 0.1) is 22.3 Å². The molecule has 0 amide bonds. The van der Waals surface area contributed by atoms with E-state index in [0.29, 0.717) is 0 Å². The Hall–Kier alpha value is -0.500. The van der Waals surface area contributed by atoms with Gasteiger partial charge in [-0.1, -0.05) is 11.8 Å². The van der Waals surface area contributed by atoms with E-state index in [4.69, 9.17) is 26.2 Å². The van der Waals surface area contributed by atoms with E-state index >= 15 is 0 Å². The first kappa shape index (κ1) is 8.50. The third-order valence-electron chi connectivity index (χ3n) is 0.762. The molecule has 4 heteroatoms. The van der Waals surface area contributed by atoms with Crippen LogP contribution in [0.1, 0.15) is 0 Å². The summed E-state index contributed by atoms with van der Waals surface area (Å²) >= 11 is 0. The van der Waals surface area contributed by atoms with Gasteiger partial charge in [0.25, 0.3) is 0 Å². The van der Waals surface area contributed by atoms with E-state index in [0.717, 1.165) is 0 Å². The van der Waals surface area contributed by atoms with Crippen LogP contribution in [0.25, 0.3) is 0 Å². The van der Waals surface area contributed by atoms with Crippen LogP contribution in [0.15, 0.2) is 12.2 Å². The fourth-order valence-corrected chi connectivity index (χ4v) is 0.291. The maximum atomic E-state index is 8.23. The van der Waals surface area contributed by atoms with Crippen LogP contribution >= 0.6 is 0 Å². The van der Waals surface area contributed by atoms with Crippen molar-refractivity contribution in [2.24, 2.45) is 0 Å². The molecule has 0 bridgehead atoms. The minimum absolute atomic E-state index is 0.0882. The summed E-state index contributed by atoms with van der Waals surface area (Å²) in [5, 5.41) is 15.2. The lowest BCUT2D eigenvalue weighted by atomic mass is 9.68. The largest absolute Gasteiger partial charge is 0.392 e. The van der Waals surface area contributed by atoms with Gasteiger partial charge in [0.15, 0.2) is 0 Å². The summed E-state index contributed by atoms with van der Waals surface area (Å²) in [5.41, 5.74) is -0.628. The summed E-state index contributed by atoms with van der Waals surface area (Å²) in [7, 11) is 10.2. The summed E-state index contributed by atoms with van der Waals surface area (Å²) in [6.07, 6.45) is 2.79. The Morgan fingerprint density at radius 1 is 1.67 bits per heavy atom. The first-order valence-electron chi connectivity index (χ1n) is 2.55. The molecule has 0 fully saturated rings. The third-order valence-corrected chi connectivity index (χ3v) is 0.762. The van der Waals surface area contributed by atoms with Gasteiger partial charge in [-0.2, -0.15) is 0 Å². The second-order valence-electron chi connectivity index (χ2n) is 1.57. The van der Waals surface area contributed by atoms with Crippen molar-refractivity contribution >= 4 is 21.4 Å². The molecule has 4 radical (unpaired) electrons. The average Bonchev–Trinajstić information content (AvgIpc) is 1.82. The monoisotopic (exact) mass is 119 g/mol. The lowest BCUT2D eigenvalue weighted by Gasteiger charge is -1.99. The molecule has 0 saturated heterocycles. The normalized spacial score (nSPS) is 10.9. The number of aliphatic hydroxyl groups excluding tert-OH is 1. The van der Waals surface area contributed by atoms with Crippen LogP contribution in [-0.2, 0) is 0 Å². The van der Waals surface area contributed by atoms with Gasteiger partial charge in [0, 0.05) is 5.71 Å². The third kappa shape index (κ3) is 4.03. The van der Waals surface area contributed by atoms with Gasteiger partial charge in [0.1, 0.15) is 0 Å². The molecule has 44 valence electrons. The van der Waals surface area contributed by atoms with E-state index in [-0.39, 0.29) is 12.3 Å². The van der Waals surface area contributed by atoms with Crippen LogP contribution in [0, 0.1) is 5.41 Å². The Morgan fingerprint density at radius 2 is 2.22 bits per heavy atom. The zero-order chi connectivity index (χ0) is 7.28. The summed E-state index contributed by atoms with van der Waals surface area (Å²) in [5.74, 6) is 0. The molecule has 0 aromatic rings.